The summed E-state index contributed by atoms with van der Waals surface area (Å²) in [4.78, 5) is 0.950. The van der Waals surface area contributed by atoms with Crippen LogP contribution in [0.3, 0.4) is 0 Å². The van der Waals surface area contributed by atoms with Crippen molar-refractivity contribution in [2.45, 2.75) is 4.90 Å². The smallest absolute Gasteiger partial charge is 0.148 e. The number of nitrogens with one attached hydrogen (secondary N) is 1. The zero-order valence-corrected chi connectivity index (χ0v) is 12.5. The van der Waals surface area contributed by atoms with Gasteiger partial charge in [-0.1, -0.05) is 0 Å². The van der Waals surface area contributed by atoms with Gasteiger partial charge in [-0.05, 0) is 34.1 Å². The molecule has 0 aliphatic carbocycles. The molecule has 0 aromatic heterocycles. The Hall–Kier alpha value is -0.530. The van der Waals surface area contributed by atoms with Gasteiger partial charge >= 0.3 is 0 Å². The molecular weight excluding hydrogens is 324 g/mol. The highest BCUT2D eigenvalue weighted by atomic mass is 79.9. The molecule has 0 spiro atoms. The zero-order chi connectivity index (χ0) is 13.1. The lowest BCUT2D eigenvalue weighted by Crippen LogP contribution is -2.11. The highest BCUT2D eigenvalue weighted by Gasteiger charge is 2.06. The van der Waals surface area contributed by atoms with E-state index in [0.29, 0.717) is 11.3 Å². The number of hydrogen-bond donors (Lipinski definition) is 2. The molecule has 0 aliphatic rings. The molecule has 0 saturated carbocycles. The van der Waals surface area contributed by atoms with Crippen molar-refractivity contribution < 1.29 is 8.42 Å². The number of benzene rings is 1. The quantitative estimate of drug-likeness (QED) is 0.488. The van der Waals surface area contributed by atoms with Crippen LogP contribution in [0.2, 0.25) is 0 Å². The molecule has 0 radical (unpaired) electrons. The largest absolute Gasteiger partial charge is 0.384 e. The van der Waals surface area contributed by atoms with Crippen LogP contribution in [0.15, 0.2) is 27.6 Å². The van der Waals surface area contributed by atoms with Gasteiger partial charge in [0, 0.05) is 26.9 Å². The molecule has 0 saturated heterocycles. The summed E-state index contributed by atoms with van der Waals surface area (Å²) in [7, 11) is -2.91. The van der Waals surface area contributed by atoms with Crippen LogP contribution < -0.4 is 5.73 Å². The molecular formula is C10H13BrN2O2S2. The molecule has 0 heterocycles. The average molecular weight is 337 g/mol. The summed E-state index contributed by atoms with van der Waals surface area (Å²) in [6.07, 6.45) is 1.22. The number of rotatable bonds is 5. The molecule has 0 bridgehead atoms. The summed E-state index contributed by atoms with van der Waals surface area (Å²) in [6, 6.07) is 5.41. The molecule has 0 amide bonds. The van der Waals surface area contributed by atoms with Crippen molar-refractivity contribution in [3.63, 3.8) is 0 Å². The Bertz CT molecular complexity index is 529. The van der Waals surface area contributed by atoms with E-state index in [-0.39, 0.29) is 11.6 Å². The topological polar surface area (TPSA) is 84.0 Å². The van der Waals surface area contributed by atoms with Gasteiger partial charge in [0.15, 0.2) is 0 Å². The van der Waals surface area contributed by atoms with Gasteiger partial charge < -0.3 is 5.73 Å². The van der Waals surface area contributed by atoms with E-state index in [1.807, 2.05) is 12.1 Å². The second kappa shape index (κ2) is 5.88. The maximum Gasteiger partial charge on any atom is 0.148 e. The van der Waals surface area contributed by atoms with Gasteiger partial charge in [0.2, 0.25) is 0 Å². The molecule has 94 valence electrons. The van der Waals surface area contributed by atoms with E-state index < -0.39 is 9.84 Å². The summed E-state index contributed by atoms with van der Waals surface area (Å²) >= 11 is 4.79. The minimum absolute atomic E-state index is 0.00422. The number of nitrogen functional groups attached to an aromatic ring is 1. The van der Waals surface area contributed by atoms with E-state index in [1.165, 1.54) is 18.0 Å². The summed E-state index contributed by atoms with van der Waals surface area (Å²) in [5.41, 5.74) is 6.03. The molecule has 1 aromatic carbocycles. The third-order valence-corrected chi connectivity index (χ3v) is 4.81. The Balaban J connectivity index is 2.68. The van der Waals surface area contributed by atoms with Crippen LogP contribution in [0.1, 0.15) is 5.56 Å². The van der Waals surface area contributed by atoms with Gasteiger partial charge in [-0.2, -0.15) is 0 Å². The first kappa shape index (κ1) is 14.5. The van der Waals surface area contributed by atoms with Gasteiger partial charge in [0.25, 0.3) is 0 Å². The van der Waals surface area contributed by atoms with Crippen molar-refractivity contribution in [3.05, 3.63) is 28.2 Å². The van der Waals surface area contributed by atoms with Gasteiger partial charge in [-0.3, -0.25) is 5.41 Å². The molecule has 1 rings (SSSR count). The first-order valence-electron chi connectivity index (χ1n) is 4.74. The highest BCUT2D eigenvalue weighted by Crippen LogP contribution is 2.25. The Kier molecular flexibility index (Phi) is 5.03. The van der Waals surface area contributed by atoms with Gasteiger partial charge in [-0.15, -0.1) is 11.8 Å². The normalized spacial score (nSPS) is 11.4. The van der Waals surface area contributed by atoms with E-state index in [4.69, 9.17) is 11.1 Å². The van der Waals surface area contributed by atoms with Crippen LogP contribution in [-0.2, 0) is 9.84 Å². The minimum Gasteiger partial charge on any atom is -0.384 e. The lowest BCUT2D eigenvalue weighted by atomic mass is 10.2. The Morgan fingerprint density at radius 3 is 2.65 bits per heavy atom. The van der Waals surface area contributed by atoms with Crippen LogP contribution in [0.4, 0.5) is 0 Å². The van der Waals surface area contributed by atoms with Crippen molar-refractivity contribution in [1.29, 1.82) is 5.41 Å². The summed E-state index contributed by atoms with van der Waals surface area (Å²) in [5, 5.41) is 7.33. The van der Waals surface area contributed by atoms with Crippen LogP contribution in [0.5, 0.6) is 0 Å². The zero-order valence-electron chi connectivity index (χ0n) is 9.23. The third kappa shape index (κ3) is 5.10. The fourth-order valence-electron chi connectivity index (χ4n) is 1.11. The standard InChI is InChI=1S/C10H13BrN2O2S2/c1-17(14,15)5-4-16-7-2-3-8(10(12)13)9(11)6-7/h2-3,6H,4-5H2,1H3,(H3,12,13). The van der Waals surface area contributed by atoms with Crippen LogP contribution in [0.25, 0.3) is 0 Å². The molecule has 7 heteroatoms. The Labute approximate surface area is 114 Å². The molecule has 3 N–H and O–H groups in total. The fraction of sp³-hybridized carbons (Fsp3) is 0.300. The molecule has 0 atom stereocenters. The number of hydrogen-bond acceptors (Lipinski definition) is 4. The Morgan fingerprint density at radius 1 is 1.53 bits per heavy atom. The molecule has 4 nitrogen and oxygen atoms in total. The lowest BCUT2D eigenvalue weighted by Gasteiger charge is -2.05. The number of sulfone groups is 1. The molecule has 0 fully saturated rings. The summed E-state index contributed by atoms with van der Waals surface area (Å²) in [6.45, 7) is 0. The number of nitrogens with two attached hydrogens (primary N) is 1. The SMILES string of the molecule is CS(=O)(=O)CCSc1ccc(C(=N)N)c(Br)c1. The van der Waals surface area contributed by atoms with Crippen molar-refractivity contribution in [2.75, 3.05) is 17.8 Å². The first-order chi connectivity index (χ1) is 7.79. The van der Waals surface area contributed by atoms with Crippen molar-refractivity contribution in [3.8, 4) is 0 Å². The second-order valence-corrected chi connectivity index (χ2v) is 7.82. The van der Waals surface area contributed by atoms with Crippen LogP contribution in [0, 0.1) is 5.41 Å². The number of thioether (sulfide) groups is 1. The van der Waals surface area contributed by atoms with Gasteiger partial charge in [0.1, 0.15) is 15.7 Å². The number of halogens is 1. The van der Waals surface area contributed by atoms with Crippen molar-refractivity contribution in [1.82, 2.24) is 0 Å². The number of amidine groups is 1. The summed E-state index contributed by atoms with van der Waals surface area (Å²) < 4.78 is 22.7. The first-order valence-corrected chi connectivity index (χ1v) is 8.58. The molecule has 17 heavy (non-hydrogen) atoms. The fourth-order valence-corrected chi connectivity index (χ4v) is 4.00. The third-order valence-electron chi connectivity index (χ3n) is 1.95. The Morgan fingerprint density at radius 2 is 2.18 bits per heavy atom. The summed E-state index contributed by atoms with van der Waals surface area (Å²) in [5.74, 6) is 0.679. The van der Waals surface area contributed by atoms with Gasteiger partial charge in [-0.25, -0.2) is 8.42 Å². The van der Waals surface area contributed by atoms with Crippen LogP contribution in [-0.4, -0.2) is 32.0 Å². The maximum absolute atomic E-state index is 11.0. The molecule has 1 aromatic rings. The van der Waals surface area contributed by atoms with Crippen molar-refractivity contribution in [2.24, 2.45) is 5.73 Å². The average Bonchev–Trinajstić information content (AvgIpc) is 2.15. The molecule has 0 unspecified atom stereocenters. The monoisotopic (exact) mass is 336 g/mol. The minimum atomic E-state index is -2.91. The van der Waals surface area contributed by atoms with E-state index in [1.54, 1.807) is 6.07 Å². The highest BCUT2D eigenvalue weighted by molar-refractivity contribution is 9.10. The van der Waals surface area contributed by atoms with E-state index in [0.717, 1.165) is 9.37 Å². The lowest BCUT2D eigenvalue weighted by molar-refractivity contribution is 0.603. The predicted molar refractivity (Wildman–Crippen MR) is 75.6 cm³/mol. The molecule has 0 aliphatic heterocycles. The van der Waals surface area contributed by atoms with E-state index in [9.17, 15) is 8.42 Å². The second-order valence-electron chi connectivity index (χ2n) is 3.53. The van der Waals surface area contributed by atoms with Crippen molar-refractivity contribution >= 4 is 43.4 Å². The maximum atomic E-state index is 11.0. The predicted octanol–water partition coefficient (Wildman–Crippen LogP) is 1.87. The van der Waals surface area contributed by atoms with Crippen LogP contribution >= 0.6 is 27.7 Å². The van der Waals surface area contributed by atoms with E-state index in [2.05, 4.69) is 15.9 Å². The van der Waals surface area contributed by atoms with E-state index >= 15 is 0 Å². The van der Waals surface area contributed by atoms with Gasteiger partial charge in [0.05, 0.1) is 5.75 Å².